The smallest absolute Gasteiger partial charge is 0.243 e. The minimum Gasteiger partial charge on any atom is -0.369 e. The van der Waals surface area contributed by atoms with Crippen LogP contribution in [0.4, 0.5) is 10.1 Å². The van der Waals surface area contributed by atoms with Crippen LogP contribution in [-0.4, -0.2) is 30.0 Å². The van der Waals surface area contributed by atoms with Crippen molar-refractivity contribution in [2.45, 2.75) is 11.3 Å². The summed E-state index contributed by atoms with van der Waals surface area (Å²) in [6, 6.07) is 12.7. The molecule has 4 N–H and O–H groups in total. The Bertz CT molecular complexity index is 814. The third-order valence-electron chi connectivity index (χ3n) is 3.23. The van der Waals surface area contributed by atoms with E-state index in [1.54, 1.807) is 30.3 Å². The van der Waals surface area contributed by atoms with E-state index in [2.05, 4.69) is 10.6 Å². The van der Waals surface area contributed by atoms with Gasteiger partial charge in [0, 0.05) is 4.90 Å². The number of hydrogen-bond donors (Lipinski definition) is 3. The Morgan fingerprint density at radius 1 is 1.04 bits per heavy atom. The van der Waals surface area contributed by atoms with Gasteiger partial charge < -0.3 is 16.4 Å². The fourth-order valence-corrected chi connectivity index (χ4v) is 2.86. The first-order valence-electron chi connectivity index (χ1n) is 7.75. The largest absolute Gasteiger partial charge is 0.369 e. The van der Waals surface area contributed by atoms with E-state index in [1.165, 1.54) is 30.0 Å². The van der Waals surface area contributed by atoms with Crippen molar-refractivity contribution in [3.63, 3.8) is 0 Å². The molecular formula is C18H18FN3O3S. The van der Waals surface area contributed by atoms with E-state index in [4.69, 9.17) is 5.73 Å². The normalized spacial score (nSPS) is 10.2. The Morgan fingerprint density at radius 3 is 2.54 bits per heavy atom. The first-order chi connectivity index (χ1) is 12.4. The molecular weight excluding hydrogens is 357 g/mol. The van der Waals surface area contributed by atoms with Crippen LogP contribution >= 0.6 is 11.8 Å². The molecule has 0 aliphatic rings. The van der Waals surface area contributed by atoms with Crippen molar-refractivity contribution < 1.29 is 18.8 Å². The van der Waals surface area contributed by atoms with Gasteiger partial charge in [0.05, 0.1) is 24.4 Å². The monoisotopic (exact) mass is 375 g/mol. The van der Waals surface area contributed by atoms with E-state index in [-0.39, 0.29) is 24.6 Å². The van der Waals surface area contributed by atoms with Crippen LogP contribution in [0.25, 0.3) is 0 Å². The zero-order valence-corrected chi connectivity index (χ0v) is 14.6. The Kier molecular flexibility index (Phi) is 7.16. The van der Waals surface area contributed by atoms with Crippen molar-refractivity contribution in [1.82, 2.24) is 5.32 Å². The molecule has 26 heavy (non-hydrogen) atoms. The Hall–Kier alpha value is -2.87. The summed E-state index contributed by atoms with van der Waals surface area (Å²) < 4.78 is 13.1. The molecule has 0 unspecified atom stereocenters. The van der Waals surface area contributed by atoms with Gasteiger partial charge in [0.1, 0.15) is 5.82 Å². The highest BCUT2D eigenvalue weighted by atomic mass is 32.2. The average molecular weight is 375 g/mol. The molecule has 0 spiro atoms. The van der Waals surface area contributed by atoms with Gasteiger partial charge in [-0.3, -0.25) is 14.4 Å². The second kappa shape index (κ2) is 9.57. The maximum Gasteiger partial charge on any atom is 0.243 e. The SMILES string of the molecule is NC(=O)CSc1ccccc1NC(=O)CNC(=O)Cc1cccc(F)c1. The maximum absolute atomic E-state index is 13.1. The molecule has 3 amide bonds. The molecule has 0 saturated heterocycles. The Morgan fingerprint density at radius 2 is 1.81 bits per heavy atom. The number of nitrogens with two attached hydrogens (primary N) is 1. The van der Waals surface area contributed by atoms with Gasteiger partial charge in [-0.25, -0.2) is 4.39 Å². The van der Waals surface area contributed by atoms with E-state index < -0.39 is 17.6 Å². The molecule has 0 bridgehead atoms. The van der Waals surface area contributed by atoms with Gasteiger partial charge in [0.25, 0.3) is 0 Å². The third-order valence-corrected chi connectivity index (χ3v) is 4.33. The number of thioether (sulfide) groups is 1. The molecule has 0 heterocycles. The number of para-hydroxylation sites is 1. The molecule has 0 fully saturated rings. The molecule has 0 saturated carbocycles. The highest BCUT2D eigenvalue weighted by Crippen LogP contribution is 2.26. The molecule has 0 radical (unpaired) electrons. The molecule has 0 aliphatic heterocycles. The summed E-state index contributed by atoms with van der Waals surface area (Å²) in [5.74, 6) is -1.58. The van der Waals surface area contributed by atoms with E-state index in [9.17, 15) is 18.8 Å². The fourth-order valence-electron chi connectivity index (χ4n) is 2.11. The Labute approximate surface area is 154 Å². The van der Waals surface area contributed by atoms with Crippen LogP contribution in [0.3, 0.4) is 0 Å². The van der Waals surface area contributed by atoms with E-state index >= 15 is 0 Å². The number of nitrogens with one attached hydrogen (secondary N) is 2. The van der Waals surface area contributed by atoms with Gasteiger partial charge in [-0.05, 0) is 29.8 Å². The minimum atomic E-state index is -0.458. The van der Waals surface area contributed by atoms with Crippen molar-refractivity contribution in [2.24, 2.45) is 5.73 Å². The number of amides is 3. The molecule has 0 aromatic heterocycles. The van der Waals surface area contributed by atoms with Gasteiger partial charge in [0.15, 0.2) is 0 Å². The molecule has 6 nitrogen and oxygen atoms in total. The van der Waals surface area contributed by atoms with Crippen LogP contribution in [0.1, 0.15) is 5.56 Å². The van der Waals surface area contributed by atoms with Crippen molar-refractivity contribution in [2.75, 3.05) is 17.6 Å². The zero-order valence-electron chi connectivity index (χ0n) is 13.8. The summed E-state index contributed by atoms with van der Waals surface area (Å²) in [6.45, 7) is -0.219. The second-order valence-electron chi connectivity index (χ2n) is 5.38. The molecule has 2 rings (SSSR count). The van der Waals surface area contributed by atoms with E-state index in [0.29, 0.717) is 16.1 Å². The third kappa shape index (κ3) is 6.56. The quantitative estimate of drug-likeness (QED) is 0.611. The van der Waals surface area contributed by atoms with Crippen molar-refractivity contribution in [3.05, 3.63) is 59.9 Å². The van der Waals surface area contributed by atoms with Crippen molar-refractivity contribution in [1.29, 1.82) is 0 Å². The number of benzene rings is 2. The van der Waals surface area contributed by atoms with Gasteiger partial charge in [-0.2, -0.15) is 0 Å². The fraction of sp³-hybridized carbons (Fsp3) is 0.167. The number of carbonyl (C=O) groups excluding carboxylic acids is 3. The van der Waals surface area contributed by atoms with Crippen LogP contribution in [0.15, 0.2) is 53.4 Å². The van der Waals surface area contributed by atoms with Crippen LogP contribution in [0.2, 0.25) is 0 Å². The number of anilines is 1. The lowest BCUT2D eigenvalue weighted by Crippen LogP contribution is -2.33. The second-order valence-corrected chi connectivity index (χ2v) is 6.40. The van der Waals surface area contributed by atoms with Gasteiger partial charge in [-0.1, -0.05) is 24.3 Å². The molecule has 8 heteroatoms. The average Bonchev–Trinajstić information content (AvgIpc) is 2.59. The maximum atomic E-state index is 13.1. The first kappa shape index (κ1) is 19.5. The molecule has 2 aromatic rings. The van der Waals surface area contributed by atoms with Crippen LogP contribution in [-0.2, 0) is 20.8 Å². The predicted molar refractivity (Wildman–Crippen MR) is 98.1 cm³/mol. The summed E-state index contributed by atoms with van der Waals surface area (Å²) in [5.41, 5.74) is 6.18. The summed E-state index contributed by atoms with van der Waals surface area (Å²) in [6.07, 6.45) is -0.0178. The minimum absolute atomic E-state index is 0.0178. The number of halogens is 1. The zero-order chi connectivity index (χ0) is 18.9. The van der Waals surface area contributed by atoms with Crippen LogP contribution in [0.5, 0.6) is 0 Å². The predicted octanol–water partition coefficient (Wildman–Crippen LogP) is 1.70. The molecule has 2 aromatic carbocycles. The number of carbonyl (C=O) groups is 3. The van der Waals surface area contributed by atoms with Crippen LogP contribution in [0, 0.1) is 5.82 Å². The summed E-state index contributed by atoms with van der Waals surface area (Å²) in [7, 11) is 0. The van der Waals surface area contributed by atoms with E-state index in [0.717, 1.165) is 0 Å². The van der Waals surface area contributed by atoms with Crippen molar-refractivity contribution >= 4 is 35.2 Å². The van der Waals surface area contributed by atoms with Gasteiger partial charge in [-0.15, -0.1) is 11.8 Å². The topological polar surface area (TPSA) is 101 Å². The highest BCUT2D eigenvalue weighted by molar-refractivity contribution is 8.00. The lowest BCUT2D eigenvalue weighted by atomic mass is 10.1. The molecule has 0 atom stereocenters. The number of rotatable bonds is 8. The highest BCUT2D eigenvalue weighted by Gasteiger charge is 2.10. The molecule has 0 aliphatic carbocycles. The number of hydrogen-bond acceptors (Lipinski definition) is 4. The number of primary amides is 1. The first-order valence-corrected chi connectivity index (χ1v) is 8.73. The van der Waals surface area contributed by atoms with Crippen molar-refractivity contribution in [3.8, 4) is 0 Å². The standard InChI is InChI=1S/C18H18FN3O3S/c19-13-5-3-4-12(8-13)9-17(24)21-10-18(25)22-14-6-1-2-7-15(14)26-11-16(20)23/h1-8H,9-11H2,(H2,20,23)(H,21,24)(H,22,25). The van der Waals surface area contributed by atoms with Crippen LogP contribution < -0.4 is 16.4 Å². The van der Waals surface area contributed by atoms with Gasteiger partial charge >= 0.3 is 0 Å². The Balaban J connectivity index is 1.85. The molecule has 136 valence electrons. The summed E-state index contributed by atoms with van der Waals surface area (Å²) >= 11 is 1.21. The van der Waals surface area contributed by atoms with E-state index in [1.807, 2.05) is 0 Å². The lowest BCUT2D eigenvalue weighted by molar-refractivity contribution is -0.123. The summed E-state index contributed by atoms with van der Waals surface area (Å²) in [5, 5.41) is 5.16. The van der Waals surface area contributed by atoms with Gasteiger partial charge in [0.2, 0.25) is 17.7 Å². The summed E-state index contributed by atoms with van der Waals surface area (Å²) in [4.78, 5) is 35.5. The lowest BCUT2D eigenvalue weighted by Gasteiger charge is -2.11.